The Bertz CT molecular complexity index is 745. The number of carbonyl (C=O) groups excluding carboxylic acids is 3. The molecule has 0 aliphatic carbocycles. The third kappa shape index (κ3) is 10.4. The van der Waals surface area contributed by atoms with E-state index in [4.69, 9.17) is 14.2 Å². The molecule has 3 atom stereocenters. The smallest absolute Gasteiger partial charge is 0.408 e. The van der Waals surface area contributed by atoms with Gasteiger partial charge in [-0.25, -0.2) is 9.59 Å². The van der Waals surface area contributed by atoms with Gasteiger partial charge in [0.05, 0.1) is 13.2 Å². The molecular formula is C24H36N2O6. The van der Waals surface area contributed by atoms with E-state index in [1.54, 1.807) is 20.8 Å². The lowest BCUT2D eigenvalue weighted by Crippen LogP contribution is -2.56. The van der Waals surface area contributed by atoms with Gasteiger partial charge in [-0.3, -0.25) is 4.79 Å². The average Bonchev–Trinajstić information content (AvgIpc) is 2.73. The van der Waals surface area contributed by atoms with E-state index in [0.29, 0.717) is 6.42 Å². The van der Waals surface area contributed by atoms with Gasteiger partial charge in [-0.1, -0.05) is 63.3 Å². The van der Waals surface area contributed by atoms with Gasteiger partial charge in [-0.05, 0) is 32.3 Å². The molecule has 0 saturated carbocycles. The third-order valence-corrected chi connectivity index (χ3v) is 4.51. The summed E-state index contributed by atoms with van der Waals surface area (Å²) in [6.07, 6.45) is 1.36. The van der Waals surface area contributed by atoms with Crippen molar-refractivity contribution >= 4 is 18.0 Å². The highest BCUT2D eigenvalue weighted by Crippen LogP contribution is 2.12. The zero-order valence-corrected chi connectivity index (χ0v) is 19.7. The molecule has 0 fully saturated rings. The van der Waals surface area contributed by atoms with E-state index in [9.17, 15) is 14.4 Å². The van der Waals surface area contributed by atoms with Gasteiger partial charge in [0.25, 0.3) is 0 Å². The van der Waals surface area contributed by atoms with Crippen molar-refractivity contribution in [1.29, 1.82) is 0 Å². The fourth-order valence-electron chi connectivity index (χ4n) is 2.68. The molecule has 0 saturated heterocycles. The van der Waals surface area contributed by atoms with Crippen LogP contribution in [0.1, 0.15) is 46.6 Å². The molecule has 0 bridgehead atoms. The molecule has 0 radical (unpaired) electrons. The Kier molecular flexibility index (Phi) is 11.5. The molecule has 0 spiro atoms. The number of amides is 2. The number of hydrogen-bond acceptors (Lipinski definition) is 6. The number of esters is 1. The van der Waals surface area contributed by atoms with Gasteiger partial charge in [-0.2, -0.15) is 0 Å². The lowest BCUT2D eigenvalue weighted by molar-refractivity contribution is -0.149. The largest absolute Gasteiger partial charge is 0.460 e. The monoisotopic (exact) mass is 448 g/mol. The lowest BCUT2D eigenvalue weighted by atomic mass is 9.98. The molecule has 32 heavy (non-hydrogen) atoms. The molecule has 0 aromatic heterocycles. The van der Waals surface area contributed by atoms with E-state index in [1.165, 1.54) is 6.08 Å². The Hall–Kier alpha value is -2.87. The predicted molar refractivity (Wildman–Crippen MR) is 122 cm³/mol. The molecule has 8 nitrogen and oxygen atoms in total. The number of carbonyl (C=O) groups is 3. The van der Waals surface area contributed by atoms with Crippen LogP contribution in [0.25, 0.3) is 0 Å². The molecule has 0 aliphatic heterocycles. The first-order chi connectivity index (χ1) is 15.1. The normalized spacial score (nSPS) is 13.9. The van der Waals surface area contributed by atoms with Crippen molar-refractivity contribution < 1.29 is 28.6 Å². The SMILES string of the molecule is C=CCOC(=O)[C@H](COCc1ccccc1)NC(=O)[C@@H](NC(=O)OC(C)(C)C)[C@H](C)CC. The van der Waals surface area contributed by atoms with Crippen LogP contribution in [-0.2, 0) is 30.4 Å². The number of rotatable bonds is 12. The summed E-state index contributed by atoms with van der Waals surface area (Å²) in [4.78, 5) is 37.7. The van der Waals surface area contributed by atoms with Crippen LogP contribution in [0.4, 0.5) is 4.79 Å². The highest BCUT2D eigenvalue weighted by Gasteiger charge is 2.32. The number of alkyl carbamates (subject to hydrolysis) is 1. The summed E-state index contributed by atoms with van der Waals surface area (Å²) in [7, 11) is 0. The van der Waals surface area contributed by atoms with Crippen LogP contribution in [0.2, 0.25) is 0 Å². The van der Waals surface area contributed by atoms with E-state index in [2.05, 4.69) is 17.2 Å². The molecule has 2 N–H and O–H groups in total. The van der Waals surface area contributed by atoms with Crippen LogP contribution in [0, 0.1) is 5.92 Å². The van der Waals surface area contributed by atoms with Crippen LogP contribution in [0.3, 0.4) is 0 Å². The molecule has 0 heterocycles. The summed E-state index contributed by atoms with van der Waals surface area (Å²) in [5.41, 5.74) is 0.226. The second-order valence-electron chi connectivity index (χ2n) is 8.49. The van der Waals surface area contributed by atoms with Gasteiger partial charge in [0.15, 0.2) is 6.04 Å². The van der Waals surface area contributed by atoms with E-state index < -0.39 is 35.7 Å². The fraction of sp³-hybridized carbons (Fsp3) is 0.542. The Balaban J connectivity index is 2.86. The number of benzene rings is 1. The summed E-state index contributed by atoms with van der Waals surface area (Å²) in [5, 5.41) is 5.26. The Morgan fingerprint density at radius 2 is 1.78 bits per heavy atom. The molecule has 1 rings (SSSR count). The second-order valence-corrected chi connectivity index (χ2v) is 8.49. The summed E-state index contributed by atoms with van der Waals surface area (Å²) < 4.78 is 16.0. The van der Waals surface area contributed by atoms with Crippen molar-refractivity contribution in [2.24, 2.45) is 5.92 Å². The van der Waals surface area contributed by atoms with Crippen molar-refractivity contribution in [3.8, 4) is 0 Å². The minimum absolute atomic E-state index is 0.00877. The van der Waals surface area contributed by atoms with Gasteiger partial charge in [0, 0.05) is 0 Å². The highest BCUT2D eigenvalue weighted by atomic mass is 16.6. The molecule has 8 heteroatoms. The molecule has 178 valence electrons. The van der Waals surface area contributed by atoms with Crippen molar-refractivity contribution in [2.45, 2.75) is 65.3 Å². The van der Waals surface area contributed by atoms with Crippen LogP contribution in [-0.4, -0.2) is 48.9 Å². The van der Waals surface area contributed by atoms with Crippen molar-refractivity contribution in [3.05, 3.63) is 48.6 Å². The van der Waals surface area contributed by atoms with E-state index >= 15 is 0 Å². The van der Waals surface area contributed by atoms with Gasteiger partial charge >= 0.3 is 12.1 Å². The van der Waals surface area contributed by atoms with E-state index in [1.807, 2.05) is 44.2 Å². The molecule has 0 aliphatic rings. The van der Waals surface area contributed by atoms with Gasteiger partial charge in [0.1, 0.15) is 18.2 Å². The average molecular weight is 449 g/mol. The maximum Gasteiger partial charge on any atom is 0.408 e. The minimum Gasteiger partial charge on any atom is -0.460 e. The topological polar surface area (TPSA) is 103 Å². The zero-order chi connectivity index (χ0) is 24.1. The van der Waals surface area contributed by atoms with Crippen LogP contribution in [0.5, 0.6) is 0 Å². The summed E-state index contributed by atoms with van der Waals surface area (Å²) in [6.45, 7) is 12.7. The van der Waals surface area contributed by atoms with Crippen LogP contribution >= 0.6 is 0 Å². The first-order valence-electron chi connectivity index (χ1n) is 10.8. The first-order valence-corrected chi connectivity index (χ1v) is 10.8. The lowest BCUT2D eigenvalue weighted by Gasteiger charge is -2.27. The van der Waals surface area contributed by atoms with Crippen LogP contribution in [0.15, 0.2) is 43.0 Å². The molecule has 1 aromatic carbocycles. The predicted octanol–water partition coefficient (Wildman–Crippen LogP) is 3.36. The van der Waals surface area contributed by atoms with Crippen molar-refractivity contribution in [1.82, 2.24) is 10.6 Å². The van der Waals surface area contributed by atoms with E-state index in [-0.39, 0.29) is 25.7 Å². The zero-order valence-electron chi connectivity index (χ0n) is 19.7. The number of nitrogens with one attached hydrogen (secondary N) is 2. The van der Waals surface area contributed by atoms with Crippen molar-refractivity contribution in [2.75, 3.05) is 13.2 Å². The molecular weight excluding hydrogens is 412 g/mol. The Labute approximate surface area is 190 Å². The Morgan fingerprint density at radius 1 is 1.12 bits per heavy atom. The highest BCUT2D eigenvalue weighted by molar-refractivity contribution is 5.90. The maximum absolute atomic E-state index is 13.0. The van der Waals surface area contributed by atoms with Gasteiger partial charge in [0.2, 0.25) is 5.91 Å². The van der Waals surface area contributed by atoms with Gasteiger partial charge < -0.3 is 24.8 Å². The maximum atomic E-state index is 13.0. The quantitative estimate of drug-likeness (QED) is 0.375. The van der Waals surface area contributed by atoms with Crippen molar-refractivity contribution in [3.63, 3.8) is 0 Å². The summed E-state index contributed by atoms with van der Waals surface area (Å²) in [5.74, 6) is -1.36. The third-order valence-electron chi connectivity index (χ3n) is 4.51. The standard InChI is InChI=1S/C24H36N2O6/c1-7-14-31-22(28)19(16-30-15-18-12-10-9-11-13-18)25-21(27)20(17(3)8-2)26-23(29)32-24(4,5)6/h7,9-13,17,19-20H,1,8,14-16H2,2-6H3,(H,25,27)(H,26,29)/t17-,19+,20+/m1/s1. The number of ether oxygens (including phenoxy) is 3. The first kappa shape index (κ1) is 27.2. The Morgan fingerprint density at radius 3 is 2.34 bits per heavy atom. The van der Waals surface area contributed by atoms with E-state index in [0.717, 1.165) is 5.56 Å². The molecule has 1 aromatic rings. The minimum atomic E-state index is -1.04. The molecule has 2 amide bonds. The summed E-state index contributed by atoms with van der Waals surface area (Å²) in [6, 6.07) is 7.52. The van der Waals surface area contributed by atoms with Crippen LogP contribution < -0.4 is 10.6 Å². The number of hydrogen-bond donors (Lipinski definition) is 2. The molecule has 0 unspecified atom stereocenters. The fourth-order valence-corrected chi connectivity index (χ4v) is 2.68. The second kappa shape index (κ2) is 13.5. The summed E-state index contributed by atoms with van der Waals surface area (Å²) >= 11 is 0. The van der Waals surface area contributed by atoms with Gasteiger partial charge in [-0.15, -0.1) is 0 Å².